The zero-order valence-electron chi connectivity index (χ0n) is 21.1. The van der Waals surface area contributed by atoms with Crippen LogP contribution in [-0.4, -0.2) is 41.6 Å². The van der Waals surface area contributed by atoms with Gasteiger partial charge in [0.1, 0.15) is 11.9 Å². The van der Waals surface area contributed by atoms with Gasteiger partial charge < -0.3 is 14.4 Å². The Balaban J connectivity index is 1.17. The Bertz CT molecular complexity index is 1280. The first-order valence-corrected chi connectivity index (χ1v) is 14.6. The highest BCUT2D eigenvalue weighted by molar-refractivity contribution is 7.98. The molecular weight excluding hydrogens is 541 g/mol. The summed E-state index contributed by atoms with van der Waals surface area (Å²) in [5.74, 6) is 1.25. The number of carbonyl (C=O) groups is 2. The molecule has 0 spiro atoms. The van der Waals surface area contributed by atoms with Gasteiger partial charge in [0.25, 0.3) is 5.91 Å². The minimum atomic E-state index is -0.332. The van der Waals surface area contributed by atoms with E-state index in [1.807, 2.05) is 48.5 Å². The van der Waals surface area contributed by atoms with Crippen LogP contribution in [0.2, 0.25) is 10.0 Å². The molecule has 38 heavy (non-hydrogen) atoms. The van der Waals surface area contributed by atoms with E-state index in [4.69, 9.17) is 32.7 Å². The normalized spacial score (nSPS) is 20.3. The van der Waals surface area contributed by atoms with Crippen LogP contribution in [0.3, 0.4) is 0 Å². The molecule has 3 aromatic rings. The fourth-order valence-electron chi connectivity index (χ4n) is 5.28. The van der Waals surface area contributed by atoms with E-state index in [1.165, 1.54) is 0 Å². The number of piperidine rings is 1. The van der Waals surface area contributed by atoms with Gasteiger partial charge in [0, 0.05) is 46.2 Å². The molecule has 2 fully saturated rings. The molecule has 5 rings (SSSR count). The number of benzene rings is 3. The molecule has 0 aromatic heterocycles. The summed E-state index contributed by atoms with van der Waals surface area (Å²) in [6.07, 6.45) is 3.64. The number of fused-ring (bicyclic) bond motifs is 2. The number of amides is 1. The van der Waals surface area contributed by atoms with E-state index in [-0.39, 0.29) is 30.1 Å². The minimum absolute atomic E-state index is 0.0454. The number of esters is 1. The molecule has 8 heteroatoms. The lowest BCUT2D eigenvalue weighted by molar-refractivity contribution is 0.0359. The van der Waals surface area contributed by atoms with Gasteiger partial charge in [-0.1, -0.05) is 35.3 Å². The molecule has 3 aromatic carbocycles. The lowest BCUT2D eigenvalue weighted by Crippen LogP contribution is -2.49. The van der Waals surface area contributed by atoms with Crippen LogP contribution >= 0.6 is 35.0 Å². The van der Waals surface area contributed by atoms with Crippen LogP contribution in [0.15, 0.2) is 71.6 Å². The first-order valence-electron chi connectivity index (χ1n) is 12.8. The lowest BCUT2D eigenvalue weighted by Gasteiger charge is -2.39. The molecule has 2 bridgehead atoms. The van der Waals surface area contributed by atoms with E-state index in [2.05, 4.69) is 4.90 Å². The summed E-state index contributed by atoms with van der Waals surface area (Å²) in [4.78, 5) is 28.4. The number of ether oxygens (including phenoxy) is 2. The molecule has 2 aliphatic rings. The van der Waals surface area contributed by atoms with E-state index in [0.717, 1.165) is 47.6 Å². The number of carbonyl (C=O) groups excluding carboxylic acids is 2. The van der Waals surface area contributed by atoms with Gasteiger partial charge in [0.05, 0.1) is 17.2 Å². The minimum Gasteiger partial charge on any atom is -0.490 e. The van der Waals surface area contributed by atoms with E-state index >= 15 is 0 Å². The SMILES string of the molecule is CCOC(=O)c1ccc(OC2CC3CCC(C2)N3C(=O)c2ccc(CSc3ccc(Cl)cc3Cl)cc2)cc1. The molecule has 0 N–H and O–H groups in total. The second kappa shape index (κ2) is 12.0. The average molecular weight is 571 g/mol. The monoisotopic (exact) mass is 569 g/mol. The Kier molecular flexibility index (Phi) is 8.51. The smallest absolute Gasteiger partial charge is 0.338 e. The van der Waals surface area contributed by atoms with Crippen LogP contribution in [0.4, 0.5) is 0 Å². The third-order valence-electron chi connectivity index (χ3n) is 7.08. The molecule has 2 saturated heterocycles. The van der Waals surface area contributed by atoms with Gasteiger partial charge in [-0.2, -0.15) is 0 Å². The van der Waals surface area contributed by atoms with Gasteiger partial charge in [0.15, 0.2) is 0 Å². The summed E-state index contributed by atoms with van der Waals surface area (Å²) >= 11 is 13.9. The first-order chi connectivity index (χ1) is 18.4. The Morgan fingerprint density at radius 3 is 2.21 bits per heavy atom. The topological polar surface area (TPSA) is 55.8 Å². The highest BCUT2D eigenvalue weighted by Gasteiger charge is 2.44. The van der Waals surface area contributed by atoms with E-state index in [0.29, 0.717) is 27.8 Å². The predicted molar refractivity (Wildman–Crippen MR) is 151 cm³/mol. The van der Waals surface area contributed by atoms with Gasteiger partial charge in [0.2, 0.25) is 0 Å². The van der Waals surface area contributed by atoms with Crippen molar-refractivity contribution in [1.29, 1.82) is 0 Å². The molecule has 0 radical (unpaired) electrons. The van der Waals surface area contributed by atoms with E-state index < -0.39 is 0 Å². The number of thioether (sulfide) groups is 1. The standard InChI is InChI=1S/C30H29Cl2NO4S/c1-2-36-30(35)21-7-12-25(13-8-21)37-26-16-23-10-11-24(17-26)33(23)29(34)20-5-3-19(4-6-20)18-38-28-14-9-22(31)15-27(28)32/h3-9,12-15,23-24,26H,2,10-11,16-18H2,1H3. The fourth-order valence-corrected chi connectivity index (χ4v) is 6.73. The summed E-state index contributed by atoms with van der Waals surface area (Å²) in [5, 5.41) is 1.27. The number of halogens is 2. The third kappa shape index (κ3) is 6.14. The van der Waals surface area contributed by atoms with Gasteiger partial charge >= 0.3 is 5.97 Å². The summed E-state index contributed by atoms with van der Waals surface area (Å²) in [5.41, 5.74) is 2.36. The number of hydrogen-bond acceptors (Lipinski definition) is 5. The zero-order valence-corrected chi connectivity index (χ0v) is 23.4. The molecule has 2 aliphatic heterocycles. The largest absolute Gasteiger partial charge is 0.490 e. The van der Waals surface area contributed by atoms with Crippen molar-refractivity contribution < 1.29 is 19.1 Å². The lowest BCUT2D eigenvalue weighted by atomic mass is 9.98. The van der Waals surface area contributed by atoms with Crippen LogP contribution in [0.5, 0.6) is 5.75 Å². The number of rotatable bonds is 8. The van der Waals surface area contributed by atoms with Crippen LogP contribution in [0.25, 0.3) is 0 Å². The van der Waals surface area contributed by atoms with Crippen molar-refractivity contribution in [3.8, 4) is 5.75 Å². The maximum atomic E-state index is 13.5. The van der Waals surface area contributed by atoms with Crippen LogP contribution in [0, 0.1) is 0 Å². The van der Waals surface area contributed by atoms with E-state index in [1.54, 1.807) is 36.9 Å². The maximum absolute atomic E-state index is 13.5. The van der Waals surface area contributed by atoms with Gasteiger partial charge in [-0.15, -0.1) is 11.8 Å². The zero-order chi connectivity index (χ0) is 26.6. The van der Waals surface area contributed by atoms with Gasteiger partial charge in [-0.3, -0.25) is 4.79 Å². The molecule has 2 atom stereocenters. The second-order valence-electron chi connectivity index (χ2n) is 9.61. The molecular formula is C30H29Cl2NO4S. The quantitative estimate of drug-likeness (QED) is 0.205. The van der Waals surface area contributed by atoms with E-state index in [9.17, 15) is 9.59 Å². The van der Waals surface area contributed by atoms with Crippen molar-refractivity contribution in [1.82, 2.24) is 4.90 Å². The van der Waals surface area contributed by atoms with Crippen LogP contribution in [-0.2, 0) is 10.5 Å². The van der Waals surface area contributed by atoms with Crippen molar-refractivity contribution in [3.05, 3.63) is 93.5 Å². The summed E-state index contributed by atoms with van der Waals surface area (Å²) in [6.45, 7) is 2.13. The maximum Gasteiger partial charge on any atom is 0.338 e. The molecule has 5 nitrogen and oxygen atoms in total. The Labute approximate surface area is 237 Å². The number of nitrogens with zero attached hydrogens (tertiary/aromatic N) is 1. The summed E-state index contributed by atoms with van der Waals surface area (Å²) < 4.78 is 11.3. The second-order valence-corrected chi connectivity index (χ2v) is 11.5. The van der Waals surface area contributed by atoms with Crippen molar-refractivity contribution in [2.45, 2.75) is 61.4 Å². The Morgan fingerprint density at radius 2 is 1.58 bits per heavy atom. The van der Waals surface area contributed by atoms with Crippen LogP contribution in [0.1, 0.15) is 58.9 Å². The van der Waals surface area contributed by atoms with Crippen LogP contribution < -0.4 is 4.74 Å². The molecule has 1 amide bonds. The first kappa shape index (κ1) is 26.9. The van der Waals surface area contributed by atoms with Crippen molar-refractivity contribution in [2.24, 2.45) is 0 Å². The Morgan fingerprint density at radius 1 is 0.921 bits per heavy atom. The predicted octanol–water partition coefficient (Wildman–Crippen LogP) is 7.68. The summed E-state index contributed by atoms with van der Waals surface area (Å²) in [6, 6.07) is 20.8. The van der Waals surface area contributed by atoms with Crippen molar-refractivity contribution in [2.75, 3.05) is 6.61 Å². The average Bonchev–Trinajstić information content (AvgIpc) is 3.18. The fraction of sp³-hybridized carbons (Fsp3) is 0.333. The number of hydrogen-bond donors (Lipinski definition) is 0. The molecule has 198 valence electrons. The van der Waals surface area contributed by atoms with Gasteiger partial charge in [-0.05, 0) is 79.9 Å². The highest BCUT2D eigenvalue weighted by atomic mass is 35.5. The molecule has 2 heterocycles. The third-order valence-corrected chi connectivity index (χ3v) is 8.89. The molecule has 0 saturated carbocycles. The molecule has 2 unspecified atom stereocenters. The van der Waals surface area contributed by atoms with Gasteiger partial charge in [-0.25, -0.2) is 4.79 Å². The van der Waals surface area contributed by atoms with Crippen molar-refractivity contribution >= 4 is 46.8 Å². The summed E-state index contributed by atoms with van der Waals surface area (Å²) in [7, 11) is 0. The molecule has 0 aliphatic carbocycles. The Hall–Kier alpha value is -2.67. The highest BCUT2D eigenvalue weighted by Crippen LogP contribution is 2.38. The van der Waals surface area contributed by atoms with Crippen molar-refractivity contribution in [3.63, 3.8) is 0 Å².